The Hall–Kier alpha value is -2.94. The van der Waals surface area contributed by atoms with Gasteiger partial charge >= 0.3 is 0 Å². The zero-order chi connectivity index (χ0) is 26.4. The number of aliphatic hydroxyl groups is 1. The summed E-state index contributed by atoms with van der Waals surface area (Å²) in [6, 6.07) is 9.34. The SMILES string of the molecule is COc1cc(OC)cc(C(=O)N=C2CCN(C(C)c3ccc(OC[C@H](O)CN(C)C)c(C)c3C)C2)c1. The second-order valence-corrected chi connectivity index (χ2v) is 9.61. The van der Waals surface area contributed by atoms with Gasteiger partial charge in [-0.15, -0.1) is 0 Å². The molecule has 2 atom stereocenters. The highest BCUT2D eigenvalue weighted by molar-refractivity contribution is 6.05. The van der Waals surface area contributed by atoms with Crippen LogP contribution in [0.1, 0.15) is 46.4 Å². The van der Waals surface area contributed by atoms with E-state index in [1.807, 2.05) is 25.1 Å². The van der Waals surface area contributed by atoms with Gasteiger partial charge in [0.15, 0.2) is 0 Å². The molecule has 0 radical (unpaired) electrons. The molecule has 0 saturated carbocycles. The van der Waals surface area contributed by atoms with E-state index in [0.717, 1.165) is 30.0 Å². The first-order valence-electron chi connectivity index (χ1n) is 12.3. The maximum Gasteiger partial charge on any atom is 0.277 e. The quantitative estimate of drug-likeness (QED) is 0.536. The fourth-order valence-corrected chi connectivity index (χ4v) is 4.51. The van der Waals surface area contributed by atoms with E-state index in [0.29, 0.717) is 30.2 Å². The summed E-state index contributed by atoms with van der Waals surface area (Å²) < 4.78 is 16.5. The topological polar surface area (TPSA) is 83.8 Å². The van der Waals surface area contributed by atoms with Crippen molar-refractivity contribution in [3.63, 3.8) is 0 Å². The smallest absolute Gasteiger partial charge is 0.277 e. The second kappa shape index (κ2) is 12.3. The molecule has 1 heterocycles. The van der Waals surface area contributed by atoms with Crippen LogP contribution in [-0.2, 0) is 0 Å². The Morgan fingerprint density at radius 2 is 1.78 bits per heavy atom. The van der Waals surface area contributed by atoms with Crippen LogP contribution in [0.15, 0.2) is 35.3 Å². The van der Waals surface area contributed by atoms with Crippen molar-refractivity contribution in [3.05, 3.63) is 52.6 Å². The number of ether oxygens (including phenoxy) is 3. The Kier molecular flexibility index (Phi) is 9.48. The van der Waals surface area contributed by atoms with E-state index in [9.17, 15) is 9.90 Å². The highest BCUT2D eigenvalue weighted by Crippen LogP contribution is 2.32. The maximum absolute atomic E-state index is 12.8. The Balaban J connectivity index is 1.68. The molecular weight excluding hydrogens is 458 g/mol. The number of methoxy groups -OCH3 is 2. The molecule has 3 rings (SSSR count). The fourth-order valence-electron chi connectivity index (χ4n) is 4.51. The average molecular weight is 498 g/mol. The normalized spacial score (nSPS) is 16.9. The molecule has 2 aromatic rings. The van der Waals surface area contributed by atoms with Crippen LogP contribution in [0.4, 0.5) is 0 Å². The summed E-state index contributed by atoms with van der Waals surface area (Å²) in [4.78, 5) is 21.5. The van der Waals surface area contributed by atoms with Crippen molar-refractivity contribution in [2.24, 2.45) is 4.99 Å². The first-order chi connectivity index (χ1) is 17.1. The number of likely N-dealkylation sites (N-methyl/N-ethyl adjacent to an activating group) is 1. The third kappa shape index (κ3) is 6.84. The number of likely N-dealkylation sites (tertiary alicyclic amines) is 1. The van der Waals surface area contributed by atoms with Crippen LogP contribution in [0.3, 0.4) is 0 Å². The molecule has 1 fully saturated rings. The molecule has 1 N–H and O–H groups in total. The van der Waals surface area contributed by atoms with Crippen molar-refractivity contribution >= 4 is 11.6 Å². The van der Waals surface area contributed by atoms with Crippen LogP contribution < -0.4 is 14.2 Å². The van der Waals surface area contributed by atoms with Gasteiger partial charge in [-0.1, -0.05) is 6.07 Å². The van der Waals surface area contributed by atoms with E-state index in [-0.39, 0.29) is 18.6 Å². The van der Waals surface area contributed by atoms with Crippen molar-refractivity contribution in [1.29, 1.82) is 0 Å². The summed E-state index contributed by atoms with van der Waals surface area (Å²) >= 11 is 0. The van der Waals surface area contributed by atoms with Gasteiger partial charge in [-0.2, -0.15) is 0 Å². The Morgan fingerprint density at radius 1 is 1.11 bits per heavy atom. The van der Waals surface area contributed by atoms with E-state index in [2.05, 4.69) is 36.7 Å². The molecule has 0 spiro atoms. The van der Waals surface area contributed by atoms with E-state index >= 15 is 0 Å². The first-order valence-corrected chi connectivity index (χ1v) is 12.3. The van der Waals surface area contributed by atoms with E-state index in [4.69, 9.17) is 14.2 Å². The molecule has 0 aliphatic carbocycles. The van der Waals surface area contributed by atoms with Gasteiger partial charge in [0.1, 0.15) is 30.0 Å². The number of benzene rings is 2. The van der Waals surface area contributed by atoms with Crippen molar-refractivity contribution < 1.29 is 24.1 Å². The number of carbonyl (C=O) groups is 1. The molecule has 1 saturated heterocycles. The van der Waals surface area contributed by atoms with Gasteiger partial charge in [0.2, 0.25) is 0 Å². The molecule has 196 valence electrons. The summed E-state index contributed by atoms with van der Waals surface area (Å²) in [6.45, 7) is 8.63. The van der Waals surface area contributed by atoms with Crippen LogP contribution in [0.25, 0.3) is 0 Å². The lowest BCUT2D eigenvalue weighted by atomic mass is 9.97. The fraction of sp³-hybridized carbons (Fsp3) is 0.500. The van der Waals surface area contributed by atoms with E-state index in [1.165, 1.54) is 11.1 Å². The van der Waals surface area contributed by atoms with E-state index < -0.39 is 6.10 Å². The molecule has 1 unspecified atom stereocenters. The number of carbonyl (C=O) groups excluding carboxylic acids is 1. The zero-order valence-electron chi connectivity index (χ0n) is 22.5. The van der Waals surface area contributed by atoms with Crippen molar-refractivity contribution in [3.8, 4) is 17.2 Å². The highest BCUT2D eigenvalue weighted by Gasteiger charge is 2.26. The van der Waals surface area contributed by atoms with Crippen LogP contribution >= 0.6 is 0 Å². The van der Waals surface area contributed by atoms with Crippen LogP contribution in [0.5, 0.6) is 17.2 Å². The monoisotopic (exact) mass is 497 g/mol. The third-order valence-electron chi connectivity index (χ3n) is 6.72. The Bertz CT molecular complexity index is 1080. The zero-order valence-corrected chi connectivity index (χ0v) is 22.5. The predicted molar refractivity (Wildman–Crippen MR) is 142 cm³/mol. The Morgan fingerprint density at radius 3 is 2.39 bits per heavy atom. The number of hydrogen-bond donors (Lipinski definition) is 1. The van der Waals surface area contributed by atoms with Crippen LogP contribution in [0.2, 0.25) is 0 Å². The van der Waals surface area contributed by atoms with Gasteiger partial charge in [-0.25, -0.2) is 4.99 Å². The summed E-state index contributed by atoms with van der Waals surface area (Å²) in [5.41, 5.74) is 4.79. The number of hydrogen-bond acceptors (Lipinski definition) is 7. The summed E-state index contributed by atoms with van der Waals surface area (Å²) in [5, 5.41) is 10.1. The minimum Gasteiger partial charge on any atom is -0.497 e. The molecule has 1 aliphatic heterocycles. The lowest BCUT2D eigenvalue weighted by molar-refractivity contribution is 0.0828. The van der Waals surface area contributed by atoms with Gasteiger partial charge in [0, 0.05) is 43.0 Å². The maximum atomic E-state index is 12.8. The third-order valence-corrected chi connectivity index (χ3v) is 6.72. The highest BCUT2D eigenvalue weighted by atomic mass is 16.5. The molecule has 1 amide bonds. The molecule has 1 aliphatic rings. The average Bonchev–Trinajstić information content (AvgIpc) is 3.32. The molecule has 2 aromatic carbocycles. The number of nitrogens with zero attached hydrogens (tertiary/aromatic N) is 3. The number of aliphatic hydroxyl groups excluding tert-OH is 1. The molecule has 0 bridgehead atoms. The van der Waals surface area contributed by atoms with Gasteiger partial charge in [0.05, 0.1) is 14.2 Å². The van der Waals surface area contributed by atoms with Gasteiger partial charge < -0.3 is 24.2 Å². The molecular formula is C28H39N3O5. The van der Waals surface area contributed by atoms with Crippen molar-refractivity contribution in [2.75, 3.05) is 54.6 Å². The lowest BCUT2D eigenvalue weighted by Crippen LogP contribution is -2.30. The molecule has 8 heteroatoms. The Labute approximate surface area is 214 Å². The largest absolute Gasteiger partial charge is 0.497 e. The predicted octanol–water partition coefficient (Wildman–Crippen LogP) is 3.67. The molecule has 36 heavy (non-hydrogen) atoms. The second-order valence-electron chi connectivity index (χ2n) is 9.61. The standard InChI is InChI=1S/C28H39N3O5/c1-18-19(2)27(36-17-23(32)16-30(4)5)9-8-26(18)20(3)31-11-10-22(15-31)29-28(33)21-12-24(34-6)14-25(13-21)35-7/h8-9,12-14,20,23,32H,10-11,15-17H2,1-7H3/t20?,23-/m1/s1. The van der Waals surface area contributed by atoms with Gasteiger partial charge in [0.25, 0.3) is 5.91 Å². The lowest BCUT2D eigenvalue weighted by Gasteiger charge is -2.26. The minimum absolute atomic E-state index is 0.164. The number of amides is 1. The molecule has 8 nitrogen and oxygen atoms in total. The van der Waals surface area contributed by atoms with Gasteiger partial charge in [-0.05, 0) is 76.2 Å². The first kappa shape index (κ1) is 27.6. The van der Waals surface area contributed by atoms with Crippen molar-refractivity contribution in [1.82, 2.24) is 9.80 Å². The van der Waals surface area contributed by atoms with Gasteiger partial charge in [-0.3, -0.25) is 9.69 Å². The molecule has 0 aromatic heterocycles. The van der Waals surface area contributed by atoms with E-state index in [1.54, 1.807) is 32.4 Å². The van der Waals surface area contributed by atoms with Crippen LogP contribution in [0, 0.1) is 13.8 Å². The summed E-state index contributed by atoms with van der Waals surface area (Å²) in [6.07, 6.45) is 0.210. The summed E-state index contributed by atoms with van der Waals surface area (Å²) in [5.74, 6) is 1.63. The number of rotatable bonds is 10. The summed E-state index contributed by atoms with van der Waals surface area (Å²) in [7, 11) is 6.97. The minimum atomic E-state index is -0.540. The van der Waals surface area contributed by atoms with Crippen molar-refractivity contribution in [2.45, 2.75) is 39.3 Å². The van der Waals surface area contributed by atoms with Crippen LogP contribution in [-0.4, -0.2) is 87.2 Å². The number of aliphatic imine (C=N–C) groups is 1.